The minimum Gasteiger partial charge on any atom is -0.291 e. The Morgan fingerprint density at radius 3 is 2.53 bits per heavy atom. The van der Waals surface area contributed by atoms with E-state index in [2.05, 4.69) is 5.10 Å². The fourth-order valence-corrected chi connectivity index (χ4v) is 2.07. The molecule has 7 heteroatoms. The molecule has 1 aromatic rings. The summed E-state index contributed by atoms with van der Waals surface area (Å²) in [6.45, 7) is 2.19. The molecule has 17 heavy (non-hydrogen) atoms. The Kier molecular flexibility index (Phi) is 5.62. The van der Waals surface area contributed by atoms with Gasteiger partial charge in [-0.1, -0.05) is 11.6 Å². The summed E-state index contributed by atoms with van der Waals surface area (Å²) in [7, 11) is 1.75. The third-order valence-electron chi connectivity index (χ3n) is 2.43. The molecular formula is C10H15Cl2F2N3. The van der Waals surface area contributed by atoms with Crippen LogP contribution in [0.25, 0.3) is 0 Å². The van der Waals surface area contributed by atoms with E-state index in [0.29, 0.717) is 29.7 Å². The zero-order valence-corrected chi connectivity index (χ0v) is 11.3. The van der Waals surface area contributed by atoms with Crippen LogP contribution in [0.15, 0.2) is 0 Å². The first-order chi connectivity index (χ1) is 7.95. The first-order valence-electron chi connectivity index (χ1n) is 5.20. The molecule has 0 amide bonds. The Hall–Kier alpha value is -0.390. The molecule has 0 aliphatic heterocycles. The smallest absolute Gasteiger partial charge is 0.251 e. The number of halogens is 4. The van der Waals surface area contributed by atoms with Crippen molar-refractivity contribution in [3.8, 4) is 0 Å². The number of hydrogen-bond donors (Lipinski definition) is 0. The van der Waals surface area contributed by atoms with Gasteiger partial charge in [-0.05, 0) is 6.92 Å². The molecule has 1 heterocycles. The zero-order chi connectivity index (χ0) is 13.0. The van der Waals surface area contributed by atoms with Gasteiger partial charge in [0, 0.05) is 26.0 Å². The molecule has 98 valence electrons. The molecule has 1 rings (SSSR count). The van der Waals surface area contributed by atoms with Gasteiger partial charge in [-0.25, -0.2) is 8.78 Å². The summed E-state index contributed by atoms with van der Waals surface area (Å²) in [5.74, 6) is 0.307. The maximum Gasteiger partial charge on any atom is 0.251 e. The van der Waals surface area contributed by atoms with Gasteiger partial charge >= 0.3 is 0 Å². The topological polar surface area (TPSA) is 21.1 Å². The van der Waals surface area contributed by atoms with Crippen LogP contribution in [0.5, 0.6) is 0 Å². The van der Waals surface area contributed by atoms with Crippen molar-refractivity contribution in [1.29, 1.82) is 0 Å². The number of nitrogens with zero attached hydrogens (tertiary/aromatic N) is 3. The van der Waals surface area contributed by atoms with Gasteiger partial charge < -0.3 is 0 Å². The molecule has 0 aliphatic carbocycles. The summed E-state index contributed by atoms with van der Waals surface area (Å²) in [4.78, 5) is 1.57. The summed E-state index contributed by atoms with van der Waals surface area (Å²) in [5, 5.41) is 4.67. The highest BCUT2D eigenvalue weighted by molar-refractivity contribution is 6.31. The predicted molar refractivity (Wildman–Crippen MR) is 65.0 cm³/mol. The van der Waals surface area contributed by atoms with Crippen LogP contribution in [0.4, 0.5) is 8.78 Å². The van der Waals surface area contributed by atoms with Crippen LogP contribution in [-0.4, -0.2) is 40.1 Å². The normalized spacial score (nSPS) is 11.8. The summed E-state index contributed by atoms with van der Waals surface area (Å²) in [6, 6.07) is 0. The molecule has 0 fully saturated rings. The van der Waals surface area contributed by atoms with Gasteiger partial charge in [0.25, 0.3) is 6.43 Å². The van der Waals surface area contributed by atoms with E-state index in [1.54, 1.807) is 23.6 Å². The molecule has 0 N–H and O–H groups in total. The second kappa shape index (κ2) is 6.52. The molecular weight excluding hydrogens is 271 g/mol. The van der Waals surface area contributed by atoms with Gasteiger partial charge in [-0.2, -0.15) is 5.10 Å². The molecule has 1 aromatic heterocycles. The van der Waals surface area contributed by atoms with E-state index in [-0.39, 0.29) is 6.54 Å². The average Bonchev–Trinajstić information content (AvgIpc) is 2.44. The van der Waals surface area contributed by atoms with E-state index in [1.807, 2.05) is 0 Å². The first-order valence-corrected chi connectivity index (χ1v) is 6.11. The molecule has 0 aliphatic rings. The third kappa shape index (κ3) is 4.08. The third-order valence-corrected chi connectivity index (χ3v) is 3.09. The second-order valence-corrected chi connectivity index (χ2v) is 4.54. The Balaban J connectivity index is 2.78. The van der Waals surface area contributed by atoms with Crippen LogP contribution in [-0.2, 0) is 13.6 Å². The monoisotopic (exact) mass is 285 g/mol. The van der Waals surface area contributed by atoms with Gasteiger partial charge in [0.2, 0.25) is 0 Å². The zero-order valence-electron chi connectivity index (χ0n) is 9.76. The maximum atomic E-state index is 12.4. The van der Waals surface area contributed by atoms with Crippen LogP contribution in [0.1, 0.15) is 11.4 Å². The lowest BCUT2D eigenvalue weighted by atomic mass is 10.3. The largest absolute Gasteiger partial charge is 0.291 e. The predicted octanol–water partition coefficient (Wildman–Crippen LogP) is 2.69. The van der Waals surface area contributed by atoms with Crippen LogP contribution in [0.3, 0.4) is 0 Å². The van der Waals surface area contributed by atoms with E-state index in [9.17, 15) is 8.78 Å². The highest BCUT2D eigenvalue weighted by atomic mass is 35.5. The van der Waals surface area contributed by atoms with Crippen molar-refractivity contribution >= 4 is 23.2 Å². The Morgan fingerprint density at radius 2 is 2.12 bits per heavy atom. The molecule has 0 radical (unpaired) electrons. The van der Waals surface area contributed by atoms with Crippen molar-refractivity contribution in [2.75, 3.05) is 19.0 Å². The fourth-order valence-electron chi connectivity index (χ4n) is 1.61. The highest BCUT2D eigenvalue weighted by Gasteiger charge is 2.17. The average molecular weight is 286 g/mol. The highest BCUT2D eigenvalue weighted by Crippen LogP contribution is 2.21. The summed E-state index contributed by atoms with van der Waals surface area (Å²) in [6.07, 6.45) is -2.38. The van der Waals surface area contributed by atoms with Crippen LogP contribution < -0.4 is 0 Å². The SMILES string of the molecule is Cc1nn(C)c(CN(CCCl)CC(F)F)c1Cl. The van der Waals surface area contributed by atoms with E-state index in [1.165, 1.54) is 0 Å². The lowest BCUT2D eigenvalue weighted by Gasteiger charge is -2.20. The minimum absolute atomic E-state index is 0.307. The van der Waals surface area contributed by atoms with Crippen molar-refractivity contribution in [2.45, 2.75) is 19.9 Å². The van der Waals surface area contributed by atoms with Gasteiger partial charge in [-0.15, -0.1) is 11.6 Å². The van der Waals surface area contributed by atoms with Crippen molar-refractivity contribution in [3.05, 3.63) is 16.4 Å². The number of hydrogen-bond acceptors (Lipinski definition) is 2. The van der Waals surface area contributed by atoms with Crippen LogP contribution in [0.2, 0.25) is 5.02 Å². The Bertz CT molecular complexity index is 369. The molecule has 0 saturated heterocycles. The summed E-state index contributed by atoms with van der Waals surface area (Å²) < 4.78 is 26.4. The van der Waals surface area contributed by atoms with Crippen LogP contribution in [0, 0.1) is 6.92 Å². The fraction of sp³-hybridized carbons (Fsp3) is 0.700. The quantitative estimate of drug-likeness (QED) is 0.750. The first kappa shape index (κ1) is 14.7. The van der Waals surface area contributed by atoms with E-state index >= 15 is 0 Å². The molecule has 0 aromatic carbocycles. The number of alkyl halides is 3. The molecule has 0 spiro atoms. The standard InChI is InChI=1S/C10H15Cl2F2N3/c1-7-10(12)8(16(2)15-7)5-17(4-3-11)6-9(13)14/h9H,3-6H2,1-2H3. The van der Waals surface area contributed by atoms with Crippen molar-refractivity contribution < 1.29 is 8.78 Å². The van der Waals surface area contributed by atoms with Crippen LogP contribution >= 0.6 is 23.2 Å². The second-order valence-electron chi connectivity index (χ2n) is 3.78. The van der Waals surface area contributed by atoms with E-state index in [4.69, 9.17) is 23.2 Å². The van der Waals surface area contributed by atoms with Gasteiger partial charge in [-0.3, -0.25) is 9.58 Å². The number of rotatable bonds is 6. The molecule has 0 atom stereocenters. The van der Waals surface area contributed by atoms with Crippen molar-refractivity contribution in [2.24, 2.45) is 7.05 Å². The van der Waals surface area contributed by atoms with E-state index < -0.39 is 6.43 Å². The molecule has 0 saturated carbocycles. The Labute approximate surface area is 109 Å². The van der Waals surface area contributed by atoms with E-state index in [0.717, 1.165) is 5.69 Å². The lowest BCUT2D eigenvalue weighted by Crippen LogP contribution is -2.31. The summed E-state index contributed by atoms with van der Waals surface area (Å²) in [5.41, 5.74) is 1.43. The summed E-state index contributed by atoms with van der Waals surface area (Å²) >= 11 is 11.7. The van der Waals surface area contributed by atoms with Crippen molar-refractivity contribution in [1.82, 2.24) is 14.7 Å². The van der Waals surface area contributed by atoms with Crippen molar-refractivity contribution in [3.63, 3.8) is 0 Å². The van der Waals surface area contributed by atoms with Gasteiger partial charge in [0.05, 0.1) is 23.0 Å². The van der Waals surface area contributed by atoms with Gasteiger partial charge in [0.1, 0.15) is 0 Å². The molecule has 0 unspecified atom stereocenters. The maximum absolute atomic E-state index is 12.4. The number of aryl methyl sites for hydroxylation is 2. The van der Waals surface area contributed by atoms with Gasteiger partial charge in [0.15, 0.2) is 0 Å². The lowest BCUT2D eigenvalue weighted by molar-refractivity contribution is 0.0867. The molecule has 3 nitrogen and oxygen atoms in total. The Morgan fingerprint density at radius 1 is 1.47 bits per heavy atom. The number of aromatic nitrogens is 2. The molecule has 0 bridgehead atoms. The minimum atomic E-state index is -2.38.